The molecular weight excluding hydrogens is 262 g/mol. The molecule has 1 aliphatic rings. The Labute approximate surface area is 125 Å². The summed E-state index contributed by atoms with van der Waals surface area (Å²) in [6.45, 7) is 2.28. The predicted molar refractivity (Wildman–Crippen MR) is 83.3 cm³/mol. The van der Waals surface area contributed by atoms with Crippen LogP contribution in [0.4, 0.5) is 5.82 Å². The van der Waals surface area contributed by atoms with Gasteiger partial charge in [0.2, 0.25) is 0 Å². The third kappa shape index (κ3) is 3.32. The maximum Gasteiger partial charge on any atom is 0.147 e. The van der Waals surface area contributed by atoms with Gasteiger partial charge < -0.3 is 9.64 Å². The molecule has 0 radical (unpaired) electrons. The zero-order valence-corrected chi connectivity index (χ0v) is 12.2. The molecule has 0 unspecified atom stereocenters. The third-order valence-electron chi connectivity index (χ3n) is 3.81. The number of nitriles is 1. The Bertz CT molecular complexity index is 673. The van der Waals surface area contributed by atoms with Gasteiger partial charge in [0.25, 0.3) is 0 Å². The molecule has 0 aliphatic heterocycles. The van der Waals surface area contributed by atoms with Gasteiger partial charge in [-0.3, -0.25) is 0 Å². The monoisotopic (exact) mass is 281 g/mol. The highest BCUT2D eigenvalue weighted by Gasteiger charge is 2.21. The second-order valence-corrected chi connectivity index (χ2v) is 5.60. The number of anilines is 1. The molecule has 1 heterocycles. The molecule has 0 amide bonds. The summed E-state index contributed by atoms with van der Waals surface area (Å²) in [6.07, 6.45) is 2.61. The Morgan fingerprint density at radius 3 is 2.95 bits per heavy atom. The topological polar surface area (TPSA) is 49.1 Å². The molecule has 0 saturated heterocycles. The molecule has 21 heavy (non-hydrogen) atoms. The number of hydrogen-bond donors (Lipinski definition) is 0. The number of pyridine rings is 1. The van der Waals surface area contributed by atoms with E-state index in [0.29, 0.717) is 12.2 Å². The molecule has 1 aromatic carbocycles. The molecule has 1 saturated carbocycles. The van der Waals surface area contributed by atoms with Crippen molar-refractivity contribution in [1.82, 2.24) is 4.98 Å². The Kier molecular flexibility index (Phi) is 4.03. The molecule has 1 aliphatic carbocycles. The van der Waals surface area contributed by atoms with Crippen molar-refractivity contribution in [1.29, 1.82) is 5.26 Å². The summed E-state index contributed by atoms with van der Waals surface area (Å²) < 4.78 is 5.66. The Balaban J connectivity index is 1.72. The van der Waals surface area contributed by atoms with Gasteiger partial charge in [0.05, 0.1) is 17.7 Å². The zero-order chi connectivity index (χ0) is 14.7. The molecule has 0 bridgehead atoms. The molecule has 1 aromatic heterocycles. The lowest BCUT2D eigenvalue weighted by Crippen LogP contribution is -2.24. The van der Waals surface area contributed by atoms with Gasteiger partial charge in [0.15, 0.2) is 0 Å². The SMILES string of the molecule is CN(CCOCC1CC1)c1nc2ccccc2cc1C#N. The first kappa shape index (κ1) is 13.8. The fourth-order valence-corrected chi connectivity index (χ4v) is 2.32. The summed E-state index contributed by atoms with van der Waals surface area (Å²) in [7, 11) is 1.96. The maximum atomic E-state index is 9.33. The van der Waals surface area contributed by atoms with E-state index in [2.05, 4.69) is 11.1 Å². The fraction of sp³-hybridized carbons (Fsp3) is 0.412. The fourth-order valence-electron chi connectivity index (χ4n) is 2.32. The molecule has 0 N–H and O–H groups in total. The zero-order valence-electron chi connectivity index (χ0n) is 12.2. The van der Waals surface area contributed by atoms with E-state index in [0.717, 1.165) is 35.8 Å². The average Bonchev–Trinajstić information content (AvgIpc) is 3.34. The van der Waals surface area contributed by atoms with Crippen LogP contribution < -0.4 is 4.90 Å². The molecule has 4 heteroatoms. The Morgan fingerprint density at radius 2 is 2.19 bits per heavy atom. The minimum Gasteiger partial charge on any atom is -0.379 e. The van der Waals surface area contributed by atoms with Crippen LogP contribution in [0.1, 0.15) is 18.4 Å². The summed E-state index contributed by atoms with van der Waals surface area (Å²) in [4.78, 5) is 6.62. The maximum absolute atomic E-state index is 9.33. The van der Waals surface area contributed by atoms with Crippen LogP contribution in [0.2, 0.25) is 0 Å². The van der Waals surface area contributed by atoms with Crippen molar-refractivity contribution < 1.29 is 4.74 Å². The Morgan fingerprint density at radius 1 is 1.38 bits per heavy atom. The van der Waals surface area contributed by atoms with Crippen molar-refractivity contribution in [2.45, 2.75) is 12.8 Å². The predicted octanol–water partition coefficient (Wildman–Crippen LogP) is 2.97. The first-order valence-electron chi connectivity index (χ1n) is 7.36. The highest BCUT2D eigenvalue weighted by atomic mass is 16.5. The number of ether oxygens (including phenoxy) is 1. The van der Waals surface area contributed by atoms with Gasteiger partial charge in [-0.1, -0.05) is 18.2 Å². The standard InChI is InChI=1S/C17H19N3O/c1-20(8-9-21-12-13-6-7-13)17-15(11-18)10-14-4-2-3-5-16(14)19-17/h2-5,10,13H,6-9,12H2,1H3. The molecule has 0 spiro atoms. The number of aromatic nitrogens is 1. The minimum atomic E-state index is 0.610. The number of nitrogens with zero attached hydrogens (tertiary/aromatic N) is 3. The number of hydrogen-bond acceptors (Lipinski definition) is 4. The van der Waals surface area contributed by atoms with Gasteiger partial charge in [-0.05, 0) is 30.9 Å². The quantitative estimate of drug-likeness (QED) is 0.764. The van der Waals surface area contributed by atoms with Crippen LogP contribution >= 0.6 is 0 Å². The van der Waals surface area contributed by atoms with Crippen molar-refractivity contribution in [2.24, 2.45) is 5.92 Å². The lowest BCUT2D eigenvalue weighted by molar-refractivity contribution is 0.131. The van der Waals surface area contributed by atoms with Crippen molar-refractivity contribution in [3.8, 4) is 6.07 Å². The second kappa shape index (κ2) is 6.11. The van der Waals surface area contributed by atoms with Gasteiger partial charge in [-0.2, -0.15) is 5.26 Å². The van der Waals surface area contributed by atoms with Gasteiger partial charge in [0.1, 0.15) is 11.9 Å². The van der Waals surface area contributed by atoms with Gasteiger partial charge in [0, 0.05) is 25.6 Å². The lowest BCUT2D eigenvalue weighted by atomic mass is 10.1. The third-order valence-corrected chi connectivity index (χ3v) is 3.81. The van der Waals surface area contributed by atoms with Gasteiger partial charge in [-0.15, -0.1) is 0 Å². The van der Waals surface area contributed by atoms with Crippen LogP contribution in [0, 0.1) is 17.2 Å². The van der Waals surface area contributed by atoms with Gasteiger partial charge >= 0.3 is 0 Å². The van der Waals surface area contributed by atoms with E-state index in [4.69, 9.17) is 4.74 Å². The number of benzene rings is 1. The van der Waals surface area contributed by atoms with Crippen LogP contribution in [-0.2, 0) is 4.74 Å². The van der Waals surface area contributed by atoms with E-state index in [1.165, 1.54) is 12.8 Å². The van der Waals surface area contributed by atoms with Crippen LogP contribution in [0.25, 0.3) is 10.9 Å². The van der Waals surface area contributed by atoms with E-state index in [1.807, 2.05) is 42.3 Å². The van der Waals surface area contributed by atoms with E-state index >= 15 is 0 Å². The normalized spacial score (nSPS) is 14.1. The van der Waals surface area contributed by atoms with E-state index in [9.17, 15) is 5.26 Å². The van der Waals surface area contributed by atoms with Crippen LogP contribution in [0.5, 0.6) is 0 Å². The van der Waals surface area contributed by atoms with Crippen molar-refractivity contribution in [3.63, 3.8) is 0 Å². The highest BCUT2D eigenvalue weighted by Crippen LogP contribution is 2.28. The lowest BCUT2D eigenvalue weighted by Gasteiger charge is -2.19. The largest absolute Gasteiger partial charge is 0.379 e. The number of fused-ring (bicyclic) bond motifs is 1. The molecular formula is C17H19N3O. The summed E-state index contributed by atoms with van der Waals surface area (Å²) >= 11 is 0. The summed E-state index contributed by atoms with van der Waals surface area (Å²) in [5.74, 6) is 1.51. The van der Waals surface area contributed by atoms with E-state index in [1.54, 1.807) is 0 Å². The summed E-state index contributed by atoms with van der Waals surface area (Å²) in [6, 6.07) is 12.0. The smallest absolute Gasteiger partial charge is 0.147 e. The van der Waals surface area contributed by atoms with Crippen LogP contribution in [-0.4, -0.2) is 31.8 Å². The molecule has 2 aromatic rings. The number of para-hydroxylation sites is 1. The highest BCUT2D eigenvalue weighted by molar-refractivity contribution is 5.82. The molecule has 0 atom stereocenters. The van der Waals surface area contributed by atoms with Crippen molar-refractivity contribution in [3.05, 3.63) is 35.9 Å². The first-order chi connectivity index (χ1) is 10.3. The second-order valence-electron chi connectivity index (χ2n) is 5.60. The summed E-state index contributed by atoms with van der Waals surface area (Å²) in [5.41, 5.74) is 1.52. The van der Waals surface area contributed by atoms with Crippen molar-refractivity contribution in [2.75, 3.05) is 31.7 Å². The number of rotatable bonds is 6. The minimum absolute atomic E-state index is 0.610. The van der Waals surface area contributed by atoms with E-state index in [-0.39, 0.29) is 0 Å². The average molecular weight is 281 g/mol. The first-order valence-corrected chi connectivity index (χ1v) is 7.36. The summed E-state index contributed by atoms with van der Waals surface area (Å²) in [5, 5.41) is 10.3. The molecule has 3 rings (SSSR count). The molecule has 1 fully saturated rings. The van der Waals surface area contributed by atoms with Crippen LogP contribution in [0.3, 0.4) is 0 Å². The van der Waals surface area contributed by atoms with Crippen molar-refractivity contribution >= 4 is 16.7 Å². The number of likely N-dealkylation sites (N-methyl/N-ethyl adjacent to an activating group) is 1. The van der Waals surface area contributed by atoms with E-state index < -0.39 is 0 Å². The van der Waals surface area contributed by atoms with Crippen LogP contribution in [0.15, 0.2) is 30.3 Å². The van der Waals surface area contributed by atoms with Gasteiger partial charge in [-0.25, -0.2) is 4.98 Å². The molecule has 4 nitrogen and oxygen atoms in total. The Hall–Kier alpha value is -2.12. The molecule has 108 valence electrons.